The second kappa shape index (κ2) is 6.68. The Morgan fingerprint density at radius 2 is 2.30 bits per heavy atom. The Balaban J connectivity index is 2.20. The van der Waals surface area contributed by atoms with E-state index < -0.39 is 0 Å². The summed E-state index contributed by atoms with van der Waals surface area (Å²) in [6, 6.07) is 0.204. The Hall–Kier alpha value is -0.940. The van der Waals surface area contributed by atoms with Gasteiger partial charge in [-0.25, -0.2) is 4.98 Å². The third-order valence-electron chi connectivity index (χ3n) is 3.92. The van der Waals surface area contributed by atoms with Crippen LogP contribution < -0.4 is 5.73 Å². The first kappa shape index (κ1) is 15.4. The van der Waals surface area contributed by atoms with Gasteiger partial charge in [-0.3, -0.25) is 4.79 Å². The van der Waals surface area contributed by atoms with Gasteiger partial charge in [0.2, 0.25) is 0 Å². The van der Waals surface area contributed by atoms with E-state index in [9.17, 15) is 4.79 Å². The SMILES string of the molecule is CCCc1nc(C)c(C(=O)N2CCCCC2C(C)N)s1. The summed E-state index contributed by atoms with van der Waals surface area (Å²) in [6.07, 6.45) is 5.28. The molecule has 0 radical (unpaired) electrons. The van der Waals surface area contributed by atoms with Crippen LogP contribution in [-0.2, 0) is 6.42 Å². The molecule has 0 bridgehead atoms. The number of nitrogens with two attached hydrogens (primary N) is 1. The van der Waals surface area contributed by atoms with Gasteiger partial charge >= 0.3 is 0 Å². The fourth-order valence-electron chi connectivity index (χ4n) is 2.86. The fraction of sp³-hybridized carbons (Fsp3) is 0.733. The van der Waals surface area contributed by atoms with Gasteiger partial charge in [-0.15, -0.1) is 11.3 Å². The summed E-state index contributed by atoms with van der Waals surface area (Å²) in [7, 11) is 0. The van der Waals surface area contributed by atoms with E-state index in [0.717, 1.165) is 47.8 Å². The van der Waals surface area contributed by atoms with Crippen molar-refractivity contribution in [3.63, 3.8) is 0 Å². The molecule has 2 unspecified atom stereocenters. The van der Waals surface area contributed by atoms with E-state index in [1.807, 2.05) is 18.7 Å². The molecule has 2 N–H and O–H groups in total. The molecule has 20 heavy (non-hydrogen) atoms. The summed E-state index contributed by atoms with van der Waals surface area (Å²) >= 11 is 1.56. The first-order chi connectivity index (χ1) is 9.54. The van der Waals surface area contributed by atoms with Gasteiger partial charge in [0.25, 0.3) is 5.91 Å². The van der Waals surface area contributed by atoms with Crippen LogP contribution in [0.3, 0.4) is 0 Å². The Kier molecular flexibility index (Phi) is 5.16. The number of amides is 1. The van der Waals surface area contributed by atoms with Crippen molar-refractivity contribution in [3.05, 3.63) is 15.6 Å². The smallest absolute Gasteiger partial charge is 0.266 e. The summed E-state index contributed by atoms with van der Waals surface area (Å²) in [5.74, 6) is 0.129. The van der Waals surface area contributed by atoms with Crippen molar-refractivity contribution in [3.8, 4) is 0 Å². The quantitative estimate of drug-likeness (QED) is 0.929. The molecule has 2 atom stereocenters. The number of piperidine rings is 1. The number of hydrogen-bond donors (Lipinski definition) is 1. The maximum absolute atomic E-state index is 12.8. The Morgan fingerprint density at radius 1 is 1.55 bits per heavy atom. The van der Waals surface area contributed by atoms with Crippen molar-refractivity contribution in [2.75, 3.05) is 6.54 Å². The zero-order valence-electron chi connectivity index (χ0n) is 12.7. The first-order valence-corrected chi connectivity index (χ1v) is 8.39. The molecular formula is C15H25N3OS. The van der Waals surface area contributed by atoms with Crippen LogP contribution in [0.5, 0.6) is 0 Å². The van der Waals surface area contributed by atoms with Crippen molar-refractivity contribution in [2.45, 2.75) is 65.0 Å². The number of thiazole rings is 1. The predicted octanol–water partition coefficient (Wildman–Crippen LogP) is 2.75. The highest BCUT2D eigenvalue weighted by molar-refractivity contribution is 7.13. The molecule has 2 rings (SSSR count). The molecule has 1 aliphatic rings. The van der Waals surface area contributed by atoms with E-state index in [0.29, 0.717) is 0 Å². The molecule has 1 fully saturated rings. The van der Waals surface area contributed by atoms with E-state index >= 15 is 0 Å². The van der Waals surface area contributed by atoms with Gasteiger partial charge in [-0.05, 0) is 46.0 Å². The van der Waals surface area contributed by atoms with Crippen LogP contribution >= 0.6 is 11.3 Å². The third-order valence-corrected chi connectivity index (χ3v) is 5.12. The molecule has 0 spiro atoms. The molecule has 0 aromatic carbocycles. The van der Waals surface area contributed by atoms with E-state index in [1.54, 1.807) is 11.3 Å². The lowest BCUT2D eigenvalue weighted by molar-refractivity contribution is 0.0588. The van der Waals surface area contributed by atoms with Crippen LogP contribution in [0.2, 0.25) is 0 Å². The molecule has 5 heteroatoms. The van der Waals surface area contributed by atoms with Crippen molar-refractivity contribution >= 4 is 17.2 Å². The molecule has 1 amide bonds. The zero-order valence-corrected chi connectivity index (χ0v) is 13.5. The van der Waals surface area contributed by atoms with Gasteiger partial charge in [0.15, 0.2) is 0 Å². The van der Waals surface area contributed by atoms with Crippen LogP contribution in [0.25, 0.3) is 0 Å². The highest BCUT2D eigenvalue weighted by Crippen LogP contribution is 2.26. The number of rotatable bonds is 4. The predicted molar refractivity (Wildman–Crippen MR) is 83.2 cm³/mol. The van der Waals surface area contributed by atoms with Gasteiger partial charge in [-0.1, -0.05) is 6.92 Å². The molecule has 1 aromatic rings. The first-order valence-electron chi connectivity index (χ1n) is 7.57. The maximum atomic E-state index is 12.8. The number of carbonyl (C=O) groups excluding carboxylic acids is 1. The second-order valence-electron chi connectivity index (χ2n) is 5.69. The zero-order chi connectivity index (χ0) is 14.7. The van der Waals surface area contributed by atoms with Gasteiger partial charge in [0.05, 0.1) is 10.7 Å². The monoisotopic (exact) mass is 295 g/mol. The van der Waals surface area contributed by atoms with Gasteiger partial charge in [-0.2, -0.15) is 0 Å². The number of nitrogens with zero attached hydrogens (tertiary/aromatic N) is 2. The van der Waals surface area contributed by atoms with Crippen molar-refractivity contribution in [2.24, 2.45) is 5.73 Å². The summed E-state index contributed by atoms with van der Waals surface area (Å²) in [6.45, 7) is 6.90. The van der Waals surface area contributed by atoms with Crippen LogP contribution in [0.4, 0.5) is 0 Å². The molecule has 2 heterocycles. The van der Waals surface area contributed by atoms with Crippen LogP contribution in [0.15, 0.2) is 0 Å². The molecule has 4 nitrogen and oxygen atoms in total. The second-order valence-corrected chi connectivity index (χ2v) is 6.78. The van der Waals surface area contributed by atoms with Gasteiger partial charge < -0.3 is 10.6 Å². The number of aromatic nitrogens is 1. The van der Waals surface area contributed by atoms with Crippen molar-refractivity contribution in [1.29, 1.82) is 0 Å². The summed E-state index contributed by atoms with van der Waals surface area (Å²) < 4.78 is 0. The Morgan fingerprint density at radius 3 is 2.95 bits per heavy atom. The van der Waals surface area contributed by atoms with Crippen LogP contribution in [0.1, 0.15) is 59.9 Å². The standard InChI is InChI=1S/C15H25N3OS/c1-4-7-13-17-11(3)14(20-13)15(19)18-9-6-5-8-12(18)10(2)16/h10,12H,4-9,16H2,1-3H3. The minimum Gasteiger partial charge on any atom is -0.333 e. The van der Waals surface area contributed by atoms with Crippen molar-refractivity contribution < 1.29 is 4.79 Å². The fourth-order valence-corrected chi connectivity index (χ4v) is 3.98. The van der Waals surface area contributed by atoms with Crippen LogP contribution in [-0.4, -0.2) is 34.4 Å². The molecule has 0 aliphatic carbocycles. The van der Waals surface area contributed by atoms with E-state index in [4.69, 9.17) is 5.73 Å². The molecule has 0 saturated carbocycles. The lowest BCUT2D eigenvalue weighted by atomic mass is 9.96. The minimum atomic E-state index is 0.0302. The van der Waals surface area contributed by atoms with E-state index in [1.165, 1.54) is 6.42 Å². The van der Waals surface area contributed by atoms with E-state index in [2.05, 4.69) is 11.9 Å². The molecule has 112 valence electrons. The number of aryl methyl sites for hydroxylation is 2. The summed E-state index contributed by atoms with van der Waals surface area (Å²) in [5, 5.41) is 1.07. The summed E-state index contributed by atoms with van der Waals surface area (Å²) in [5.41, 5.74) is 6.93. The Labute approximate surface area is 125 Å². The van der Waals surface area contributed by atoms with Crippen LogP contribution in [0, 0.1) is 6.92 Å². The Bertz CT molecular complexity index is 470. The lowest BCUT2D eigenvalue weighted by Gasteiger charge is -2.37. The molecule has 1 aliphatic heterocycles. The highest BCUT2D eigenvalue weighted by atomic mass is 32.1. The minimum absolute atomic E-state index is 0.0302. The molecule has 1 saturated heterocycles. The average molecular weight is 295 g/mol. The summed E-state index contributed by atoms with van der Waals surface area (Å²) in [4.78, 5) is 20.1. The normalized spacial score (nSPS) is 21.0. The lowest BCUT2D eigenvalue weighted by Crippen LogP contribution is -2.51. The van der Waals surface area contributed by atoms with Gasteiger partial charge in [0.1, 0.15) is 4.88 Å². The van der Waals surface area contributed by atoms with Crippen molar-refractivity contribution in [1.82, 2.24) is 9.88 Å². The largest absolute Gasteiger partial charge is 0.333 e. The molecular weight excluding hydrogens is 270 g/mol. The van der Waals surface area contributed by atoms with Gasteiger partial charge in [0, 0.05) is 18.6 Å². The maximum Gasteiger partial charge on any atom is 0.266 e. The third kappa shape index (κ3) is 3.20. The number of carbonyl (C=O) groups is 1. The topological polar surface area (TPSA) is 59.2 Å². The van der Waals surface area contributed by atoms with E-state index in [-0.39, 0.29) is 18.0 Å². The average Bonchev–Trinajstić information content (AvgIpc) is 2.79. The highest BCUT2D eigenvalue weighted by Gasteiger charge is 2.31. The molecule has 1 aromatic heterocycles. The number of likely N-dealkylation sites (tertiary alicyclic amines) is 1. The number of hydrogen-bond acceptors (Lipinski definition) is 4.